The average molecular weight is 638 g/mol. The van der Waals surface area contributed by atoms with E-state index in [0.29, 0.717) is 17.8 Å². The smallest absolute Gasteiger partial charge is 0.370 e. The van der Waals surface area contributed by atoms with E-state index in [1.165, 1.54) is 0 Å². The quantitative estimate of drug-likeness (QED) is 0.186. The van der Waals surface area contributed by atoms with Crippen LogP contribution in [0.4, 0.5) is 0 Å². The normalized spacial score (nSPS) is 49.9. The van der Waals surface area contributed by atoms with Crippen LogP contribution < -0.4 is 16.0 Å². The van der Waals surface area contributed by atoms with Crippen LogP contribution >= 0.6 is 0 Å². The molecule has 0 spiro atoms. The van der Waals surface area contributed by atoms with E-state index >= 15 is 0 Å². The Morgan fingerprint density at radius 1 is 0.477 bits per heavy atom. The van der Waals surface area contributed by atoms with E-state index < -0.39 is 8.80 Å². The lowest BCUT2D eigenvalue weighted by molar-refractivity contribution is -0.116. The molecule has 3 fully saturated rings. The summed E-state index contributed by atoms with van der Waals surface area (Å²) in [4.78, 5) is 0. The zero-order valence-electron chi connectivity index (χ0n) is 32.1. The van der Waals surface area contributed by atoms with Crippen molar-refractivity contribution in [2.24, 2.45) is 17.8 Å². The zero-order valence-corrected chi connectivity index (χ0v) is 33.1. The highest BCUT2D eigenvalue weighted by Crippen LogP contribution is 2.45. The van der Waals surface area contributed by atoms with Crippen molar-refractivity contribution in [1.29, 1.82) is 0 Å². The van der Waals surface area contributed by atoms with Gasteiger partial charge in [0.05, 0.1) is 18.3 Å². The Labute approximate surface area is 275 Å². The number of rotatable bonds is 12. The predicted molar refractivity (Wildman–Crippen MR) is 189 cm³/mol. The molecule has 3 rings (SSSR count). The van der Waals surface area contributed by atoms with Crippen molar-refractivity contribution >= 4 is 8.80 Å². The van der Waals surface area contributed by atoms with Gasteiger partial charge in [-0.1, -0.05) is 62.3 Å². The molecule has 12 atom stereocenters. The van der Waals surface area contributed by atoms with Gasteiger partial charge in [-0.05, 0) is 117 Å². The van der Waals surface area contributed by atoms with Gasteiger partial charge in [0, 0.05) is 39.8 Å². The van der Waals surface area contributed by atoms with Gasteiger partial charge < -0.3 is 29.2 Å². The summed E-state index contributed by atoms with van der Waals surface area (Å²) in [5.41, 5.74) is 0.0437. The molecule has 6 nitrogen and oxygen atoms in total. The molecular formula is C37H75N3O3Si. The highest BCUT2D eigenvalue weighted by atomic mass is 28.4. The van der Waals surface area contributed by atoms with Gasteiger partial charge in [0.1, 0.15) is 0 Å². The van der Waals surface area contributed by atoms with Crippen LogP contribution in [0, 0.1) is 17.8 Å². The van der Waals surface area contributed by atoms with Gasteiger partial charge in [-0.2, -0.15) is 0 Å². The molecule has 0 bridgehead atoms. The van der Waals surface area contributed by atoms with Gasteiger partial charge >= 0.3 is 8.80 Å². The van der Waals surface area contributed by atoms with Crippen LogP contribution in [0.3, 0.4) is 0 Å². The summed E-state index contributed by atoms with van der Waals surface area (Å²) in [6, 6.07) is 0. The molecule has 12 unspecified atom stereocenters. The second-order valence-electron chi connectivity index (χ2n) is 17.2. The van der Waals surface area contributed by atoms with E-state index in [-0.39, 0.29) is 51.5 Å². The lowest BCUT2D eigenvalue weighted by Gasteiger charge is -2.57. The monoisotopic (exact) mass is 638 g/mol. The summed E-state index contributed by atoms with van der Waals surface area (Å²) < 4.78 is 22.5. The van der Waals surface area contributed by atoms with Gasteiger partial charge in [-0.15, -0.1) is 0 Å². The van der Waals surface area contributed by atoms with Crippen molar-refractivity contribution in [3.8, 4) is 0 Å². The molecule has 0 amide bonds. The van der Waals surface area contributed by atoms with Gasteiger partial charge in [0.2, 0.25) is 0 Å². The molecule has 260 valence electrons. The predicted octanol–water partition coefficient (Wildman–Crippen LogP) is 8.61. The van der Waals surface area contributed by atoms with Crippen molar-refractivity contribution in [3.63, 3.8) is 0 Å². The fraction of sp³-hybridized carbons (Fsp3) is 1.00. The molecule has 3 aliphatic rings. The summed E-state index contributed by atoms with van der Waals surface area (Å²) in [6.07, 6.45) is 9.52. The minimum absolute atomic E-state index is 0.00375. The third-order valence-corrected chi connectivity index (χ3v) is 16.2. The first-order chi connectivity index (χ1) is 20.2. The van der Waals surface area contributed by atoms with E-state index in [1.807, 2.05) is 0 Å². The van der Waals surface area contributed by atoms with Crippen molar-refractivity contribution < 1.29 is 13.3 Å². The van der Waals surface area contributed by atoms with E-state index in [1.54, 1.807) is 0 Å². The van der Waals surface area contributed by atoms with E-state index in [0.717, 1.165) is 57.8 Å². The Bertz CT molecular complexity index is 853. The topological polar surface area (TPSA) is 63.8 Å². The Balaban J connectivity index is 2.07. The van der Waals surface area contributed by atoms with Gasteiger partial charge in [0.15, 0.2) is 0 Å². The minimum Gasteiger partial charge on any atom is -0.370 e. The summed E-state index contributed by atoms with van der Waals surface area (Å²) >= 11 is 0. The number of hydrogen-bond acceptors (Lipinski definition) is 6. The first kappa shape index (κ1) is 38.4. The lowest BCUT2D eigenvalue weighted by atomic mass is 9.70. The maximum Gasteiger partial charge on any atom is 0.498 e. The molecule has 0 aromatic rings. The number of piperidine rings is 3. The summed E-state index contributed by atoms with van der Waals surface area (Å²) in [5.74, 6) is 1.02. The molecule has 0 aromatic carbocycles. The van der Waals surface area contributed by atoms with Crippen LogP contribution in [0.2, 0.25) is 6.55 Å². The second-order valence-corrected chi connectivity index (χ2v) is 19.7. The van der Waals surface area contributed by atoms with Gasteiger partial charge in [-0.25, -0.2) is 0 Å². The van der Waals surface area contributed by atoms with Crippen molar-refractivity contribution in [3.05, 3.63) is 0 Å². The molecule has 3 heterocycles. The fourth-order valence-electron chi connectivity index (χ4n) is 8.92. The van der Waals surface area contributed by atoms with E-state index in [9.17, 15) is 0 Å². The summed E-state index contributed by atoms with van der Waals surface area (Å²) in [7, 11) is -3.17. The Hall–Kier alpha value is -0.0231. The van der Waals surface area contributed by atoms with E-state index in [2.05, 4.69) is 126 Å². The third kappa shape index (κ3) is 7.65. The molecule has 3 N–H and O–H groups in total. The molecule has 44 heavy (non-hydrogen) atoms. The first-order valence-corrected chi connectivity index (χ1v) is 20.8. The molecule has 3 saturated heterocycles. The Morgan fingerprint density at radius 2 is 0.705 bits per heavy atom. The molecule has 0 aliphatic carbocycles. The zero-order chi connectivity index (χ0) is 33.6. The second kappa shape index (κ2) is 13.5. The Morgan fingerprint density at radius 3 is 0.886 bits per heavy atom. The molecule has 0 aromatic heterocycles. The van der Waals surface area contributed by atoms with Crippen LogP contribution in [-0.4, -0.2) is 60.3 Å². The van der Waals surface area contributed by atoms with Crippen LogP contribution in [0.25, 0.3) is 0 Å². The van der Waals surface area contributed by atoms with Crippen LogP contribution in [0.5, 0.6) is 0 Å². The molecular weight excluding hydrogens is 563 g/mol. The summed E-state index contributed by atoms with van der Waals surface area (Å²) in [5, 5.41) is 12.2. The highest BCUT2D eigenvalue weighted by molar-refractivity contribution is 6.59. The van der Waals surface area contributed by atoms with Crippen molar-refractivity contribution in [2.45, 2.75) is 220 Å². The summed E-state index contributed by atoms with van der Waals surface area (Å²) in [6.45, 7) is 37.6. The SMILES string of the molecule is CCC1(C)CC(O[Si](C)(OC2CC(C)(CC)NC(C)(CC)C2C)OC2CC(C)(CC)NC(C)(CC)C2C)C(C)C(C)(CC)N1. The van der Waals surface area contributed by atoms with Crippen LogP contribution in [0.15, 0.2) is 0 Å². The fourth-order valence-corrected chi connectivity index (χ4v) is 11.6. The highest BCUT2D eigenvalue weighted by Gasteiger charge is 2.56. The standard InChI is InChI=1S/C37H75N3O3Si/c1-17-32(10)23-29(26(7)35(13,20-4)38-32)41-44(16,42-30-24-33(11,18-2)39-36(14,21-5)27(30)8)43-31-25-34(12,19-3)40-37(15,22-6)28(31)9/h26-31,38-40H,17-25H2,1-16H3. The lowest BCUT2D eigenvalue weighted by Crippen LogP contribution is -2.70. The number of hydrogen-bond donors (Lipinski definition) is 3. The van der Waals surface area contributed by atoms with Crippen LogP contribution in [-0.2, 0) is 13.3 Å². The van der Waals surface area contributed by atoms with E-state index in [4.69, 9.17) is 13.3 Å². The van der Waals surface area contributed by atoms with Gasteiger partial charge in [0.25, 0.3) is 0 Å². The molecule has 7 heteroatoms. The third-order valence-electron chi connectivity index (χ3n) is 14.0. The minimum atomic E-state index is -3.17. The maximum atomic E-state index is 7.51. The molecule has 3 aliphatic heterocycles. The molecule has 0 radical (unpaired) electrons. The van der Waals surface area contributed by atoms with Crippen molar-refractivity contribution in [2.75, 3.05) is 0 Å². The largest absolute Gasteiger partial charge is 0.498 e. The van der Waals surface area contributed by atoms with Crippen LogP contribution in [0.1, 0.15) is 162 Å². The van der Waals surface area contributed by atoms with Gasteiger partial charge in [-0.3, -0.25) is 0 Å². The number of nitrogens with one attached hydrogen (secondary N) is 3. The molecule has 0 saturated carbocycles. The van der Waals surface area contributed by atoms with Crippen molar-refractivity contribution in [1.82, 2.24) is 16.0 Å². The maximum absolute atomic E-state index is 7.51. The average Bonchev–Trinajstić information content (AvgIpc) is 2.97. The Kier molecular flexibility index (Phi) is 11.8. The first-order valence-electron chi connectivity index (χ1n) is 18.6.